The molecule has 14 heavy (non-hydrogen) atoms. The normalized spacial score (nSPS) is 12.1. The van der Waals surface area contributed by atoms with Crippen LogP contribution in [0.5, 0.6) is 0 Å². The van der Waals surface area contributed by atoms with Crippen molar-refractivity contribution in [2.45, 2.75) is 23.6 Å². The molecule has 0 bridgehead atoms. The lowest BCUT2D eigenvalue weighted by atomic mass is 10.3. The third kappa shape index (κ3) is 3.01. The van der Waals surface area contributed by atoms with Gasteiger partial charge in [0.1, 0.15) is 0 Å². The minimum Gasteiger partial charge on any atom is -0.293 e. The standard InChI is InChI=1S/C9H13N3OS/c1-2-7(9(13)12-10)14-8-5-3-4-6-11-8/h3-7H,2,10H2,1H3,(H,12,13). The van der Waals surface area contributed by atoms with E-state index in [0.717, 1.165) is 11.4 Å². The molecule has 0 saturated heterocycles. The molecule has 1 aromatic heterocycles. The van der Waals surface area contributed by atoms with Crippen molar-refractivity contribution in [3.05, 3.63) is 24.4 Å². The predicted molar refractivity (Wildman–Crippen MR) is 56.5 cm³/mol. The lowest BCUT2D eigenvalue weighted by Gasteiger charge is -2.11. The summed E-state index contributed by atoms with van der Waals surface area (Å²) in [6, 6.07) is 5.60. The molecule has 0 spiro atoms. The van der Waals surface area contributed by atoms with E-state index in [9.17, 15) is 4.79 Å². The number of thioether (sulfide) groups is 1. The van der Waals surface area contributed by atoms with E-state index in [1.807, 2.05) is 25.1 Å². The minimum atomic E-state index is -0.171. The largest absolute Gasteiger partial charge is 0.293 e. The number of amides is 1. The molecule has 0 fully saturated rings. The summed E-state index contributed by atoms with van der Waals surface area (Å²) < 4.78 is 0. The van der Waals surface area contributed by atoms with Crippen molar-refractivity contribution in [1.29, 1.82) is 0 Å². The lowest BCUT2D eigenvalue weighted by Crippen LogP contribution is -2.37. The first-order valence-electron chi connectivity index (χ1n) is 4.36. The van der Waals surface area contributed by atoms with Crippen LogP contribution < -0.4 is 11.3 Å². The van der Waals surface area contributed by atoms with Gasteiger partial charge in [-0.15, -0.1) is 0 Å². The number of carbonyl (C=O) groups excluding carboxylic acids is 1. The molecule has 4 nitrogen and oxygen atoms in total. The number of rotatable bonds is 4. The third-order valence-electron chi connectivity index (χ3n) is 1.71. The van der Waals surface area contributed by atoms with Crippen molar-refractivity contribution >= 4 is 17.7 Å². The summed E-state index contributed by atoms with van der Waals surface area (Å²) in [6.07, 6.45) is 2.43. The maximum atomic E-state index is 11.3. The van der Waals surface area contributed by atoms with Crippen molar-refractivity contribution in [2.75, 3.05) is 0 Å². The molecule has 1 atom stereocenters. The van der Waals surface area contributed by atoms with Gasteiger partial charge in [-0.3, -0.25) is 10.2 Å². The number of hydrogen-bond donors (Lipinski definition) is 2. The summed E-state index contributed by atoms with van der Waals surface area (Å²) in [5.74, 6) is 4.91. The first kappa shape index (κ1) is 11.0. The average molecular weight is 211 g/mol. The minimum absolute atomic E-state index is 0.164. The summed E-state index contributed by atoms with van der Waals surface area (Å²) in [6.45, 7) is 1.94. The van der Waals surface area contributed by atoms with E-state index >= 15 is 0 Å². The molecule has 1 heterocycles. The Hall–Kier alpha value is -1.07. The molecule has 1 rings (SSSR count). The first-order chi connectivity index (χ1) is 6.77. The van der Waals surface area contributed by atoms with E-state index in [2.05, 4.69) is 10.4 Å². The van der Waals surface area contributed by atoms with Crippen LogP contribution in [0.25, 0.3) is 0 Å². The zero-order valence-electron chi connectivity index (χ0n) is 7.93. The monoisotopic (exact) mass is 211 g/mol. The second-order valence-electron chi connectivity index (χ2n) is 2.69. The first-order valence-corrected chi connectivity index (χ1v) is 5.24. The topological polar surface area (TPSA) is 68.0 Å². The Morgan fingerprint density at radius 3 is 3.00 bits per heavy atom. The molecule has 0 aliphatic carbocycles. The van der Waals surface area contributed by atoms with Crippen molar-refractivity contribution < 1.29 is 4.79 Å². The smallest absolute Gasteiger partial charge is 0.247 e. The number of carbonyl (C=O) groups is 1. The van der Waals surface area contributed by atoms with Crippen molar-refractivity contribution in [2.24, 2.45) is 5.84 Å². The molecule has 1 unspecified atom stereocenters. The van der Waals surface area contributed by atoms with Gasteiger partial charge in [-0.25, -0.2) is 10.8 Å². The molecule has 5 heteroatoms. The Labute approximate surface area is 87.3 Å². The van der Waals surface area contributed by atoms with Gasteiger partial charge in [-0.2, -0.15) is 0 Å². The van der Waals surface area contributed by atoms with E-state index in [-0.39, 0.29) is 11.2 Å². The van der Waals surface area contributed by atoms with Gasteiger partial charge < -0.3 is 0 Å². The molecule has 0 aliphatic rings. The molecule has 0 aromatic carbocycles. The number of pyridine rings is 1. The second kappa shape index (κ2) is 5.62. The fourth-order valence-electron chi connectivity index (χ4n) is 0.978. The van der Waals surface area contributed by atoms with Gasteiger partial charge in [0.2, 0.25) is 5.91 Å². The average Bonchev–Trinajstić information content (AvgIpc) is 2.26. The molecule has 0 aliphatic heterocycles. The van der Waals surface area contributed by atoms with Crippen LogP contribution in [0, 0.1) is 0 Å². The highest BCUT2D eigenvalue weighted by molar-refractivity contribution is 8.00. The van der Waals surface area contributed by atoms with Crippen LogP contribution in [0.2, 0.25) is 0 Å². The van der Waals surface area contributed by atoms with Gasteiger partial charge in [0.05, 0.1) is 10.3 Å². The number of nitrogens with one attached hydrogen (secondary N) is 1. The summed E-state index contributed by atoms with van der Waals surface area (Å²) in [5.41, 5.74) is 2.15. The number of nitrogens with zero attached hydrogens (tertiary/aromatic N) is 1. The van der Waals surface area contributed by atoms with Crippen LogP contribution in [-0.2, 0) is 4.79 Å². The van der Waals surface area contributed by atoms with Crippen molar-refractivity contribution in [3.63, 3.8) is 0 Å². The van der Waals surface area contributed by atoms with E-state index < -0.39 is 0 Å². The highest BCUT2D eigenvalue weighted by Crippen LogP contribution is 2.22. The Kier molecular flexibility index (Phi) is 4.42. The quantitative estimate of drug-likeness (QED) is 0.336. The highest BCUT2D eigenvalue weighted by Gasteiger charge is 2.16. The Morgan fingerprint density at radius 2 is 2.50 bits per heavy atom. The van der Waals surface area contributed by atoms with Crippen LogP contribution >= 0.6 is 11.8 Å². The van der Waals surface area contributed by atoms with E-state index in [1.165, 1.54) is 11.8 Å². The van der Waals surface area contributed by atoms with Crippen LogP contribution in [-0.4, -0.2) is 16.1 Å². The molecule has 0 radical (unpaired) electrons. The molecule has 1 aromatic rings. The van der Waals surface area contributed by atoms with E-state index in [4.69, 9.17) is 5.84 Å². The second-order valence-corrected chi connectivity index (χ2v) is 3.91. The summed E-state index contributed by atoms with van der Waals surface area (Å²) in [4.78, 5) is 15.4. The molecule has 3 N–H and O–H groups in total. The molecule has 0 saturated carbocycles. The van der Waals surface area contributed by atoms with Crippen molar-refractivity contribution in [3.8, 4) is 0 Å². The third-order valence-corrected chi connectivity index (χ3v) is 3.02. The van der Waals surface area contributed by atoms with E-state index in [0.29, 0.717) is 0 Å². The van der Waals surface area contributed by atoms with Gasteiger partial charge in [0.15, 0.2) is 0 Å². The summed E-state index contributed by atoms with van der Waals surface area (Å²) >= 11 is 1.42. The van der Waals surface area contributed by atoms with Gasteiger partial charge in [0.25, 0.3) is 0 Å². The fourth-order valence-corrected chi connectivity index (χ4v) is 1.89. The number of aromatic nitrogens is 1. The van der Waals surface area contributed by atoms with Gasteiger partial charge >= 0.3 is 0 Å². The zero-order valence-corrected chi connectivity index (χ0v) is 8.75. The summed E-state index contributed by atoms with van der Waals surface area (Å²) in [5, 5.41) is 0.665. The zero-order chi connectivity index (χ0) is 10.4. The van der Waals surface area contributed by atoms with Gasteiger partial charge in [-0.05, 0) is 18.6 Å². The highest BCUT2D eigenvalue weighted by atomic mass is 32.2. The summed E-state index contributed by atoms with van der Waals surface area (Å²) in [7, 11) is 0. The maximum absolute atomic E-state index is 11.3. The van der Waals surface area contributed by atoms with Crippen LogP contribution in [0.15, 0.2) is 29.4 Å². The Morgan fingerprint density at radius 1 is 1.71 bits per heavy atom. The van der Waals surface area contributed by atoms with E-state index in [1.54, 1.807) is 6.20 Å². The lowest BCUT2D eigenvalue weighted by molar-refractivity contribution is -0.120. The van der Waals surface area contributed by atoms with Gasteiger partial charge in [0, 0.05) is 6.20 Å². The number of hydrogen-bond acceptors (Lipinski definition) is 4. The molecular formula is C9H13N3OS. The molecule has 76 valence electrons. The fraction of sp³-hybridized carbons (Fsp3) is 0.333. The molecular weight excluding hydrogens is 198 g/mol. The van der Waals surface area contributed by atoms with Crippen molar-refractivity contribution in [1.82, 2.24) is 10.4 Å². The maximum Gasteiger partial charge on any atom is 0.247 e. The van der Waals surface area contributed by atoms with Gasteiger partial charge in [-0.1, -0.05) is 24.8 Å². The number of nitrogens with two attached hydrogens (primary N) is 1. The van der Waals surface area contributed by atoms with Crippen LogP contribution in [0.4, 0.5) is 0 Å². The SMILES string of the molecule is CCC(Sc1ccccn1)C(=O)NN. The van der Waals surface area contributed by atoms with Crippen LogP contribution in [0.3, 0.4) is 0 Å². The van der Waals surface area contributed by atoms with Crippen LogP contribution in [0.1, 0.15) is 13.3 Å². The predicted octanol–water partition coefficient (Wildman–Crippen LogP) is 0.942. The molecule has 1 amide bonds. The Balaban J connectivity index is 2.62. The number of hydrazine groups is 1. The Bertz CT molecular complexity index is 291.